The molecular formula is C7H12N4O3S. The van der Waals surface area contributed by atoms with Crippen molar-refractivity contribution in [3.05, 3.63) is 16.3 Å². The molecule has 0 saturated heterocycles. The van der Waals surface area contributed by atoms with E-state index >= 15 is 0 Å². The quantitative estimate of drug-likeness (QED) is 0.677. The summed E-state index contributed by atoms with van der Waals surface area (Å²) in [5, 5.41) is 0. The number of aromatic nitrogens is 3. The van der Waals surface area contributed by atoms with Gasteiger partial charge in [0.2, 0.25) is 5.95 Å². The molecule has 0 fully saturated rings. The number of H-pyrrole nitrogens is 1. The molecule has 0 aliphatic heterocycles. The summed E-state index contributed by atoms with van der Waals surface area (Å²) in [7, 11) is -3.40. The fraction of sp³-hybridized carbons (Fsp3) is 0.571. The van der Waals surface area contributed by atoms with Crippen molar-refractivity contribution in [3.8, 4) is 0 Å². The van der Waals surface area contributed by atoms with E-state index in [1.807, 2.05) is 0 Å². The number of rotatable bonds is 2. The normalized spacial score (nSPS) is 12.7. The zero-order valence-corrected chi connectivity index (χ0v) is 9.42. The molecule has 84 valence electrons. The monoisotopic (exact) mass is 232 g/mol. The highest BCUT2D eigenvalue weighted by Gasteiger charge is 2.35. The molecule has 0 radical (unpaired) electrons. The van der Waals surface area contributed by atoms with Crippen molar-refractivity contribution in [1.82, 2.24) is 15.0 Å². The van der Waals surface area contributed by atoms with E-state index in [-0.39, 0.29) is 11.8 Å². The molecule has 0 atom stereocenters. The molecule has 7 nitrogen and oxygen atoms in total. The topological polar surface area (TPSA) is 119 Å². The first kappa shape index (κ1) is 11.6. The van der Waals surface area contributed by atoms with Gasteiger partial charge in [-0.05, 0) is 13.8 Å². The first-order valence-electron chi connectivity index (χ1n) is 4.08. The average molecular weight is 232 g/mol. The Balaban J connectivity index is 3.47. The van der Waals surface area contributed by atoms with Gasteiger partial charge in [0.15, 0.2) is 9.84 Å². The fourth-order valence-electron chi connectivity index (χ4n) is 0.862. The molecule has 1 aromatic rings. The van der Waals surface area contributed by atoms with Crippen molar-refractivity contribution < 1.29 is 8.42 Å². The standard InChI is InChI=1S/C7H12N4O3S/c1-7(2,15(3,13)14)4-9-5(8)11-6(12)10-4/h1-3H3,(H3,8,9,10,11,12). The second-order valence-corrected chi connectivity index (χ2v) is 6.21. The molecule has 0 aliphatic rings. The Morgan fingerprint density at radius 2 is 1.87 bits per heavy atom. The molecule has 3 N–H and O–H groups in total. The summed E-state index contributed by atoms with van der Waals surface area (Å²) in [6.45, 7) is 2.86. The first-order valence-corrected chi connectivity index (χ1v) is 5.97. The molecule has 15 heavy (non-hydrogen) atoms. The number of anilines is 1. The van der Waals surface area contributed by atoms with Crippen LogP contribution in [0.4, 0.5) is 5.95 Å². The van der Waals surface area contributed by atoms with Gasteiger partial charge in [0.25, 0.3) is 0 Å². The van der Waals surface area contributed by atoms with E-state index in [0.29, 0.717) is 0 Å². The summed E-state index contributed by atoms with van der Waals surface area (Å²) in [6, 6.07) is 0. The number of nitrogen functional groups attached to an aromatic ring is 1. The molecule has 0 unspecified atom stereocenters. The third-order valence-electron chi connectivity index (χ3n) is 2.17. The van der Waals surface area contributed by atoms with Gasteiger partial charge in [0.05, 0.1) is 0 Å². The molecule has 1 aromatic heterocycles. The predicted octanol–water partition coefficient (Wildman–Crippen LogP) is -0.973. The highest BCUT2D eigenvalue weighted by Crippen LogP contribution is 2.24. The van der Waals surface area contributed by atoms with E-state index in [9.17, 15) is 13.2 Å². The van der Waals surface area contributed by atoms with E-state index in [1.54, 1.807) is 0 Å². The smallest absolute Gasteiger partial charge is 0.349 e. The SMILES string of the molecule is CC(C)(c1nc(N)nc(=O)[nH]1)S(C)(=O)=O. The summed E-state index contributed by atoms with van der Waals surface area (Å²) in [4.78, 5) is 20.3. The van der Waals surface area contributed by atoms with Gasteiger partial charge in [0, 0.05) is 6.26 Å². The van der Waals surface area contributed by atoms with Crippen LogP contribution in [0.5, 0.6) is 0 Å². The van der Waals surface area contributed by atoms with Crippen molar-refractivity contribution >= 4 is 15.8 Å². The fourth-order valence-corrected chi connectivity index (χ4v) is 1.31. The molecule has 1 rings (SSSR count). The van der Waals surface area contributed by atoms with Crippen LogP contribution in [-0.4, -0.2) is 29.6 Å². The van der Waals surface area contributed by atoms with Crippen molar-refractivity contribution in [3.63, 3.8) is 0 Å². The van der Waals surface area contributed by atoms with Gasteiger partial charge in [-0.15, -0.1) is 0 Å². The molecular weight excluding hydrogens is 220 g/mol. The van der Waals surface area contributed by atoms with E-state index in [0.717, 1.165) is 6.26 Å². The number of hydrogen-bond acceptors (Lipinski definition) is 6. The highest BCUT2D eigenvalue weighted by molar-refractivity contribution is 7.91. The van der Waals surface area contributed by atoms with Crippen LogP contribution in [-0.2, 0) is 14.6 Å². The van der Waals surface area contributed by atoms with Crippen LogP contribution in [0.3, 0.4) is 0 Å². The Morgan fingerprint density at radius 1 is 1.33 bits per heavy atom. The molecule has 0 bridgehead atoms. The average Bonchev–Trinajstić information content (AvgIpc) is 1.99. The Hall–Kier alpha value is -1.44. The summed E-state index contributed by atoms with van der Waals surface area (Å²) < 4.78 is 21.6. The maximum atomic E-state index is 11.5. The Bertz CT molecular complexity index is 531. The molecule has 0 spiro atoms. The van der Waals surface area contributed by atoms with Gasteiger partial charge < -0.3 is 5.73 Å². The van der Waals surface area contributed by atoms with Crippen LogP contribution >= 0.6 is 0 Å². The Kier molecular flexibility index (Phi) is 2.56. The summed E-state index contributed by atoms with van der Waals surface area (Å²) in [6.07, 6.45) is 1.06. The zero-order valence-electron chi connectivity index (χ0n) is 8.60. The third kappa shape index (κ3) is 2.14. The van der Waals surface area contributed by atoms with E-state index in [1.165, 1.54) is 13.8 Å². The minimum absolute atomic E-state index is 0.0116. The highest BCUT2D eigenvalue weighted by atomic mass is 32.2. The van der Waals surface area contributed by atoms with Crippen LogP contribution < -0.4 is 11.4 Å². The molecule has 0 aromatic carbocycles. The summed E-state index contributed by atoms with van der Waals surface area (Å²) in [5.74, 6) is -0.257. The first-order chi connectivity index (χ1) is 6.64. The Labute approximate surface area is 86.7 Å². The number of sulfone groups is 1. The van der Waals surface area contributed by atoms with Gasteiger partial charge in [0.1, 0.15) is 10.6 Å². The van der Waals surface area contributed by atoms with Gasteiger partial charge >= 0.3 is 5.69 Å². The van der Waals surface area contributed by atoms with Crippen LogP contribution in [0.25, 0.3) is 0 Å². The second kappa shape index (κ2) is 3.30. The van der Waals surface area contributed by atoms with Crippen molar-refractivity contribution in [1.29, 1.82) is 0 Å². The van der Waals surface area contributed by atoms with Crippen LogP contribution in [0.15, 0.2) is 4.79 Å². The number of nitrogens with two attached hydrogens (primary N) is 1. The van der Waals surface area contributed by atoms with Crippen molar-refractivity contribution in [2.75, 3.05) is 12.0 Å². The lowest BCUT2D eigenvalue weighted by molar-refractivity contribution is 0.548. The number of hydrogen-bond donors (Lipinski definition) is 2. The van der Waals surface area contributed by atoms with Gasteiger partial charge in [-0.2, -0.15) is 9.97 Å². The minimum Gasteiger partial charge on any atom is -0.368 e. The van der Waals surface area contributed by atoms with Crippen LogP contribution in [0.1, 0.15) is 19.7 Å². The van der Waals surface area contributed by atoms with Crippen molar-refractivity contribution in [2.45, 2.75) is 18.6 Å². The number of nitrogens with zero attached hydrogens (tertiary/aromatic N) is 2. The maximum Gasteiger partial charge on any atom is 0.349 e. The van der Waals surface area contributed by atoms with E-state index in [4.69, 9.17) is 5.73 Å². The Morgan fingerprint density at radius 3 is 2.27 bits per heavy atom. The third-order valence-corrected chi connectivity index (χ3v) is 4.21. The summed E-state index contributed by atoms with van der Waals surface area (Å²) >= 11 is 0. The molecule has 0 saturated carbocycles. The molecule has 8 heteroatoms. The molecule has 0 aliphatic carbocycles. The lowest BCUT2D eigenvalue weighted by Gasteiger charge is -2.20. The van der Waals surface area contributed by atoms with Crippen molar-refractivity contribution in [2.24, 2.45) is 0 Å². The minimum atomic E-state index is -3.40. The predicted molar refractivity (Wildman–Crippen MR) is 54.9 cm³/mol. The largest absolute Gasteiger partial charge is 0.368 e. The zero-order chi connectivity index (χ0) is 11.9. The molecule has 0 amide bonds. The second-order valence-electron chi connectivity index (χ2n) is 3.64. The van der Waals surface area contributed by atoms with Crippen LogP contribution in [0.2, 0.25) is 0 Å². The van der Waals surface area contributed by atoms with Gasteiger partial charge in [-0.25, -0.2) is 13.2 Å². The lowest BCUT2D eigenvalue weighted by atomic mass is 10.2. The number of nitrogens with one attached hydrogen (secondary N) is 1. The van der Waals surface area contributed by atoms with Gasteiger partial charge in [-0.3, -0.25) is 4.98 Å². The van der Waals surface area contributed by atoms with Crippen LogP contribution in [0, 0.1) is 0 Å². The lowest BCUT2D eigenvalue weighted by Crippen LogP contribution is -2.33. The van der Waals surface area contributed by atoms with E-state index in [2.05, 4.69) is 15.0 Å². The summed E-state index contributed by atoms with van der Waals surface area (Å²) in [5.41, 5.74) is 4.55. The van der Waals surface area contributed by atoms with E-state index < -0.39 is 20.3 Å². The molecule has 1 heterocycles. The number of aromatic amines is 1. The maximum absolute atomic E-state index is 11.5. The van der Waals surface area contributed by atoms with Gasteiger partial charge in [-0.1, -0.05) is 0 Å².